The van der Waals surface area contributed by atoms with Crippen LogP contribution in [0.1, 0.15) is 37.5 Å². The lowest BCUT2D eigenvalue weighted by molar-refractivity contribution is 0.186. The Kier molecular flexibility index (Phi) is 10.6. The smallest absolute Gasteiger partial charge is 0.191 e. The zero-order chi connectivity index (χ0) is 21.3. The molecular weight excluding hydrogens is 503 g/mol. The summed E-state index contributed by atoms with van der Waals surface area (Å²) >= 11 is 0. The van der Waals surface area contributed by atoms with Gasteiger partial charge in [0.2, 0.25) is 0 Å². The number of benzene rings is 2. The minimum Gasteiger partial charge on any atom is -0.497 e. The normalized spacial score (nSPS) is 20.1. The second-order valence-corrected chi connectivity index (χ2v) is 7.85. The molecule has 0 amide bonds. The first-order valence-electron chi connectivity index (χ1n) is 10.7. The van der Waals surface area contributed by atoms with Crippen LogP contribution in [0.2, 0.25) is 0 Å². The highest BCUT2D eigenvalue weighted by atomic mass is 127. The average Bonchev–Trinajstić information content (AvgIpc) is 3.11. The number of methoxy groups -OCH3 is 1. The first-order chi connectivity index (χ1) is 14.6. The molecule has 1 fully saturated rings. The Morgan fingerprint density at radius 1 is 1.23 bits per heavy atom. The van der Waals surface area contributed by atoms with Gasteiger partial charge in [0.1, 0.15) is 5.75 Å². The van der Waals surface area contributed by atoms with Crippen LogP contribution in [-0.2, 0) is 6.54 Å². The summed E-state index contributed by atoms with van der Waals surface area (Å²) in [5.41, 5.74) is 2.14. The van der Waals surface area contributed by atoms with Crippen LogP contribution in [0.3, 0.4) is 0 Å². The quantitative estimate of drug-likeness (QED) is 0.273. The number of guanidine groups is 1. The molecule has 2 aromatic carbocycles. The molecule has 0 bridgehead atoms. The predicted octanol–water partition coefficient (Wildman–Crippen LogP) is 3.56. The second-order valence-electron chi connectivity index (χ2n) is 7.85. The van der Waals surface area contributed by atoms with Crippen molar-refractivity contribution in [2.75, 3.05) is 26.7 Å². The van der Waals surface area contributed by atoms with Crippen LogP contribution in [0.4, 0.5) is 0 Å². The number of hydrogen-bond donors (Lipinski definition) is 3. The molecule has 0 radical (unpaired) electrons. The van der Waals surface area contributed by atoms with E-state index in [9.17, 15) is 5.11 Å². The summed E-state index contributed by atoms with van der Waals surface area (Å²) in [6, 6.07) is 18.9. The number of aliphatic hydroxyl groups is 1. The Morgan fingerprint density at radius 2 is 2.00 bits per heavy atom. The van der Waals surface area contributed by atoms with Crippen molar-refractivity contribution in [3.63, 3.8) is 0 Å². The number of nitrogens with zero attached hydrogens (tertiary/aromatic N) is 2. The molecule has 1 aliphatic heterocycles. The van der Waals surface area contributed by atoms with E-state index >= 15 is 0 Å². The molecule has 1 saturated heterocycles. The fourth-order valence-corrected chi connectivity index (χ4v) is 3.89. The van der Waals surface area contributed by atoms with Crippen molar-refractivity contribution >= 4 is 29.9 Å². The molecule has 1 heterocycles. The monoisotopic (exact) mass is 538 g/mol. The molecule has 3 atom stereocenters. The summed E-state index contributed by atoms with van der Waals surface area (Å²) in [6.07, 6.45) is 0.392. The fourth-order valence-electron chi connectivity index (χ4n) is 3.89. The summed E-state index contributed by atoms with van der Waals surface area (Å²) in [5, 5.41) is 17.4. The van der Waals surface area contributed by atoms with Crippen LogP contribution in [0.15, 0.2) is 59.6 Å². The van der Waals surface area contributed by atoms with Gasteiger partial charge in [0, 0.05) is 31.7 Å². The summed E-state index contributed by atoms with van der Waals surface area (Å²) < 4.78 is 5.24. The van der Waals surface area contributed by atoms with Crippen molar-refractivity contribution in [1.82, 2.24) is 15.5 Å². The number of hydrogen-bond acceptors (Lipinski definition) is 4. The van der Waals surface area contributed by atoms with Gasteiger partial charge in [-0.05, 0) is 43.5 Å². The Bertz CT molecular complexity index is 818. The molecule has 7 heteroatoms. The first-order valence-corrected chi connectivity index (χ1v) is 10.7. The van der Waals surface area contributed by atoms with Crippen LogP contribution in [-0.4, -0.2) is 54.8 Å². The minimum atomic E-state index is -0.673. The highest BCUT2D eigenvalue weighted by Gasteiger charge is 2.29. The number of halogens is 1. The van der Waals surface area contributed by atoms with Gasteiger partial charge in [-0.15, -0.1) is 24.0 Å². The number of rotatable bonds is 8. The van der Waals surface area contributed by atoms with Crippen LogP contribution >= 0.6 is 24.0 Å². The lowest BCUT2D eigenvalue weighted by atomic mass is 10.1. The zero-order valence-corrected chi connectivity index (χ0v) is 21.0. The van der Waals surface area contributed by atoms with Crippen LogP contribution < -0.4 is 15.4 Å². The Labute approximate surface area is 203 Å². The molecule has 0 saturated carbocycles. The number of aliphatic hydroxyl groups excluding tert-OH is 1. The predicted molar refractivity (Wildman–Crippen MR) is 137 cm³/mol. The summed E-state index contributed by atoms with van der Waals surface area (Å²) in [7, 11) is 1.63. The maximum Gasteiger partial charge on any atom is 0.191 e. The van der Waals surface area contributed by atoms with Gasteiger partial charge in [0.05, 0.1) is 19.8 Å². The van der Waals surface area contributed by atoms with Crippen molar-refractivity contribution in [2.24, 2.45) is 4.99 Å². The Balaban J connectivity index is 0.00000341. The van der Waals surface area contributed by atoms with Crippen molar-refractivity contribution < 1.29 is 9.84 Å². The van der Waals surface area contributed by atoms with Gasteiger partial charge in [-0.25, -0.2) is 0 Å². The van der Waals surface area contributed by atoms with E-state index in [-0.39, 0.29) is 24.0 Å². The SMILES string of the molecule is CCNC(=NCC(O)c1cccc(OC)c1)NC1CC(C)N(Cc2ccccc2)C1.I. The highest BCUT2D eigenvalue weighted by Crippen LogP contribution is 2.21. The van der Waals surface area contributed by atoms with Crippen molar-refractivity contribution in [2.45, 2.75) is 45.0 Å². The van der Waals surface area contributed by atoms with Crippen LogP contribution in [0, 0.1) is 0 Å². The third-order valence-corrected chi connectivity index (χ3v) is 5.52. The maximum absolute atomic E-state index is 10.5. The van der Waals surface area contributed by atoms with E-state index in [1.807, 2.05) is 24.3 Å². The van der Waals surface area contributed by atoms with Gasteiger partial charge in [-0.3, -0.25) is 9.89 Å². The summed E-state index contributed by atoms with van der Waals surface area (Å²) in [6.45, 7) is 7.33. The van der Waals surface area contributed by atoms with Gasteiger partial charge in [-0.2, -0.15) is 0 Å². The minimum absolute atomic E-state index is 0. The molecule has 3 unspecified atom stereocenters. The van der Waals surface area contributed by atoms with E-state index in [0.717, 1.165) is 43.3 Å². The number of likely N-dealkylation sites (tertiary alicyclic amines) is 1. The molecule has 31 heavy (non-hydrogen) atoms. The maximum atomic E-state index is 10.5. The number of nitrogens with one attached hydrogen (secondary N) is 2. The van der Waals surface area contributed by atoms with E-state index in [2.05, 4.69) is 64.7 Å². The van der Waals surface area contributed by atoms with Crippen molar-refractivity contribution in [3.05, 3.63) is 65.7 Å². The molecule has 0 aromatic heterocycles. The summed E-state index contributed by atoms with van der Waals surface area (Å²) in [4.78, 5) is 7.13. The largest absolute Gasteiger partial charge is 0.497 e. The van der Waals surface area contributed by atoms with E-state index in [1.54, 1.807) is 7.11 Å². The molecule has 0 aliphatic carbocycles. The lowest BCUT2D eigenvalue weighted by Crippen LogP contribution is -2.44. The Hall–Kier alpha value is -1.84. The summed E-state index contributed by atoms with van der Waals surface area (Å²) in [5.74, 6) is 1.48. The van der Waals surface area contributed by atoms with Gasteiger partial charge in [-0.1, -0.05) is 42.5 Å². The third-order valence-electron chi connectivity index (χ3n) is 5.52. The molecule has 2 aromatic rings. The van der Waals surface area contributed by atoms with Crippen LogP contribution in [0.5, 0.6) is 5.75 Å². The average molecular weight is 538 g/mol. The highest BCUT2D eigenvalue weighted by molar-refractivity contribution is 14.0. The molecule has 6 nitrogen and oxygen atoms in total. The molecule has 3 rings (SSSR count). The Morgan fingerprint density at radius 3 is 2.71 bits per heavy atom. The van der Waals surface area contributed by atoms with E-state index in [0.29, 0.717) is 18.6 Å². The fraction of sp³-hybridized carbons (Fsp3) is 0.458. The topological polar surface area (TPSA) is 69.1 Å². The van der Waals surface area contributed by atoms with Crippen LogP contribution in [0.25, 0.3) is 0 Å². The third kappa shape index (κ3) is 7.66. The standard InChI is InChI=1S/C24H34N4O2.HI/c1-4-25-24(26-15-23(29)20-11-8-12-22(14-20)30-3)27-21-13-18(2)28(17-21)16-19-9-6-5-7-10-19;/h5-12,14,18,21,23,29H,4,13,15-17H2,1-3H3,(H2,25,26,27);1H. The first kappa shape index (κ1) is 25.4. The van der Waals surface area contributed by atoms with Gasteiger partial charge in [0.25, 0.3) is 0 Å². The lowest BCUT2D eigenvalue weighted by Gasteiger charge is -2.21. The van der Waals surface area contributed by atoms with E-state index < -0.39 is 6.10 Å². The van der Waals surface area contributed by atoms with E-state index in [1.165, 1.54) is 5.56 Å². The van der Waals surface area contributed by atoms with Crippen molar-refractivity contribution in [3.8, 4) is 5.75 Å². The molecular formula is C24H35IN4O2. The van der Waals surface area contributed by atoms with Gasteiger partial charge < -0.3 is 20.5 Å². The van der Waals surface area contributed by atoms with Gasteiger partial charge >= 0.3 is 0 Å². The number of aliphatic imine (C=N–C) groups is 1. The van der Waals surface area contributed by atoms with Gasteiger partial charge in [0.15, 0.2) is 5.96 Å². The molecule has 170 valence electrons. The molecule has 0 spiro atoms. The van der Waals surface area contributed by atoms with E-state index in [4.69, 9.17) is 4.74 Å². The number of ether oxygens (including phenoxy) is 1. The second kappa shape index (κ2) is 12.9. The molecule has 1 aliphatic rings. The van der Waals surface area contributed by atoms with Crippen molar-refractivity contribution in [1.29, 1.82) is 0 Å². The zero-order valence-electron chi connectivity index (χ0n) is 18.6. The molecule has 3 N–H and O–H groups in total.